The van der Waals surface area contributed by atoms with Gasteiger partial charge in [-0.15, -0.1) is 0 Å². The van der Waals surface area contributed by atoms with E-state index in [1.54, 1.807) is 4.90 Å². The zero-order valence-electron chi connectivity index (χ0n) is 73.7. The maximum Gasteiger partial charge on any atom is 0.320 e. The number of carbonyl (C=O) groups excluding carboxylic acids is 20. The lowest BCUT2D eigenvalue weighted by atomic mass is 9.85. The van der Waals surface area contributed by atoms with Crippen LogP contribution in [0.3, 0.4) is 0 Å². The van der Waals surface area contributed by atoms with Crippen LogP contribution in [0, 0.1) is 82.9 Å². The highest BCUT2D eigenvalue weighted by Crippen LogP contribution is 2.52. The average molecular weight is 1880 g/mol. The van der Waals surface area contributed by atoms with Crippen LogP contribution in [-0.4, -0.2) is 424 Å². The first-order chi connectivity index (χ1) is 65.6. The third kappa shape index (κ3) is 15.9. The molecule has 0 saturated carbocycles. The van der Waals surface area contributed by atoms with Crippen LogP contribution in [0.4, 0.5) is 0 Å². The highest BCUT2D eigenvalue weighted by Gasteiger charge is 2.68. The quantitative estimate of drug-likeness (QED) is 0.0238. The summed E-state index contributed by atoms with van der Waals surface area (Å²) in [5.41, 5.74) is 16.1. The molecule has 14 saturated heterocycles. The average Bonchev–Trinajstić information content (AvgIpc) is 1.59. The Hall–Kier alpha value is -11.8. The molecular weight excluding hydrogens is 1780 g/mol. The number of ether oxygens (including phenoxy) is 8. The smallest absolute Gasteiger partial charge is 0.320 e. The minimum atomic E-state index is -0.508. The summed E-state index contributed by atoms with van der Waals surface area (Å²) in [6.07, 6.45) is 27.8. The topological polar surface area (TPSA) is 535 Å². The van der Waals surface area contributed by atoms with Gasteiger partial charge >= 0.3 is 11.9 Å². The van der Waals surface area contributed by atoms with Crippen molar-refractivity contribution >= 4 is 118 Å². The number of hydrogen-bond donors (Lipinski definition) is 3. The summed E-state index contributed by atoms with van der Waals surface area (Å²) in [7, 11) is 0. The van der Waals surface area contributed by atoms with Gasteiger partial charge in [-0.2, -0.15) is 0 Å². The number of imide groups is 9. The molecule has 44 heteroatoms. The van der Waals surface area contributed by atoms with E-state index in [9.17, 15) is 95.9 Å². The third-order valence-electron chi connectivity index (χ3n) is 30.5. The summed E-state index contributed by atoms with van der Waals surface area (Å²) in [5, 5.41) is 0. The molecule has 0 spiro atoms. The van der Waals surface area contributed by atoms with E-state index < -0.39 is 118 Å². The molecule has 14 fully saturated rings. The maximum absolute atomic E-state index is 13.2. The molecule has 24 aliphatic rings. The molecule has 24 aliphatic heterocycles. The molecule has 0 aromatic rings. The SMILES string of the molecule is NCCN(CCN)CCN.O=C1C2C3C=CC(O3)C2C(=O)N1CCN(CCN1C(=O)C2C3C=CC(O3)C2C1=O)CCN1C(=O)C2C3C=CC(O3)C2C1=O.O=C1C2C3C=CC(O3)C2C(=O)N1CCN(CCN1C(=O)C2C3C=CC(O3)C2C1=O)CCN1C(=O)C2C3C=CC(O3)C2C1=O.O=C1C=CC(=O)N1CCN(CCN1C(=O)C=CC1=O)CCN1C(=O)C=CC1=O.O=C1OC(=O)C2C3C=CC(O3)C12. The molecule has 14 bridgehead atoms. The summed E-state index contributed by atoms with van der Waals surface area (Å²) >= 11 is 0. The number of fused-ring (bicyclic) bond motifs is 35. The van der Waals surface area contributed by atoms with Crippen molar-refractivity contribution < 1.29 is 134 Å². The number of rotatable bonds is 33. The monoisotopic (exact) mass is 1880 g/mol. The van der Waals surface area contributed by atoms with E-state index in [2.05, 4.69) is 9.64 Å². The fourth-order valence-electron chi connectivity index (χ4n) is 23.6. The number of cyclic esters (lactones) is 2. The van der Waals surface area contributed by atoms with Crippen LogP contribution in [0.5, 0.6) is 0 Å². The van der Waals surface area contributed by atoms with E-state index in [0.29, 0.717) is 19.6 Å². The molecule has 6 N–H and O–H groups in total. The number of nitrogens with zero attached hydrogens (tertiary/aromatic N) is 13. The fourth-order valence-corrected chi connectivity index (χ4v) is 23.6. The van der Waals surface area contributed by atoms with Crippen molar-refractivity contribution in [2.24, 2.45) is 100 Å². The molecule has 24 heterocycles. The van der Waals surface area contributed by atoms with Crippen molar-refractivity contribution in [3.63, 3.8) is 0 Å². The normalized spacial score (nSPS) is 36.9. The third-order valence-corrected chi connectivity index (χ3v) is 30.5. The number of carbonyl (C=O) groups is 20. The van der Waals surface area contributed by atoms with Crippen molar-refractivity contribution in [1.29, 1.82) is 0 Å². The van der Waals surface area contributed by atoms with E-state index >= 15 is 0 Å². The van der Waals surface area contributed by atoms with Crippen LogP contribution in [0.25, 0.3) is 0 Å². The molecular formula is C92H102N16O28. The molecule has 0 radical (unpaired) electrons. The molecule has 28 unspecified atom stereocenters. The minimum absolute atomic E-state index is 0.116. The highest BCUT2D eigenvalue weighted by atomic mass is 16.6. The van der Waals surface area contributed by atoms with Crippen LogP contribution in [0.2, 0.25) is 0 Å². The summed E-state index contributed by atoms with van der Waals surface area (Å²) in [4.78, 5) is 270. The van der Waals surface area contributed by atoms with Gasteiger partial charge in [-0.1, -0.05) is 85.1 Å². The maximum atomic E-state index is 13.2. The zero-order chi connectivity index (χ0) is 95.0. The van der Waals surface area contributed by atoms with Gasteiger partial charge in [0.05, 0.1) is 156 Å². The largest absolute Gasteiger partial charge is 0.393 e. The predicted molar refractivity (Wildman–Crippen MR) is 455 cm³/mol. The van der Waals surface area contributed by atoms with Gasteiger partial charge in [0, 0.05) is 194 Å². The van der Waals surface area contributed by atoms with Gasteiger partial charge in [-0.3, -0.25) is 160 Å². The summed E-state index contributed by atoms with van der Waals surface area (Å²) in [5.74, 6) is -13.2. The number of likely N-dealkylation sites (tertiary alicyclic amines) is 6. The molecule has 24 rings (SSSR count). The Morgan fingerprint density at radius 2 is 0.309 bits per heavy atom. The number of amides is 18. The van der Waals surface area contributed by atoms with Crippen LogP contribution < -0.4 is 17.2 Å². The number of nitrogens with two attached hydrogens (primary N) is 3. The molecule has 28 atom stereocenters. The van der Waals surface area contributed by atoms with E-state index in [1.165, 1.54) is 65.9 Å². The second-order valence-electron chi connectivity index (χ2n) is 37.4. The van der Waals surface area contributed by atoms with E-state index in [1.807, 2.05) is 94.9 Å². The Morgan fingerprint density at radius 3 is 0.449 bits per heavy atom. The summed E-state index contributed by atoms with van der Waals surface area (Å²) < 4.78 is 44.2. The Morgan fingerprint density at radius 1 is 0.184 bits per heavy atom. The van der Waals surface area contributed by atoms with E-state index in [-0.39, 0.29) is 286 Å². The van der Waals surface area contributed by atoms with Crippen LogP contribution in [0.15, 0.2) is 122 Å². The molecule has 0 aromatic heterocycles. The highest BCUT2D eigenvalue weighted by molar-refractivity contribution is 6.15. The molecule has 0 aromatic carbocycles. The Balaban J connectivity index is 0.000000115. The van der Waals surface area contributed by atoms with Gasteiger partial charge in [-0.05, 0) is 0 Å². The van der Waals surface area contributed by atoms with Crippen molar-refractivity contribution in [3.8, 4) is 0 Å². The first kappa shape index (κ1) is 92.0. The van der Waals surface area contributed by atoms with Crippen molar-refractivity contribution in [2.45, 2.75) is 85.5 Å². The predicted octanol–water partition coefficient (Wildman–Crippen LogP) is -7.93. The summed E-state index contributed by atoms with van der Waals surface area (Å²) in [6, 6.07) is 0. The van der Waals surface area contributed by atoms with Gasteiger partial charge < -0.3 is 55.1 Å². The number of esters is 2. The number of hydrogen-bond acceptors (Lipinski definition) is 35. The van der Waals surface area contributed by atoms with E-state index in [4.69, 9.17) is 50.4 Å². The molecule has 136 heavy (non-hydrogen) atoms. The van der Waals surface area contributed by atoms with Crippen LogP contribution in [-0.2, 0) is 134 Å². The molecule has 44 nitrogen and oxygen atoms in total. The second kappa shape index (κ2) is 37.0. The Bertz CT molecular complexity index is 4520. The first-order valence-corrected chi connectivity index (χ1v) is 46.5. The Kier molecular flexibility index (Phi) is 25.0. The minimum Gasteiger partial charge on any atom is -0.393 e. The van der Waals surface area contributed by atoms with Gasteiger partial charge in [0.1, 0.15) is 11.8 Å². The van der Waals surface area contributed by atoms with Crippen LogP contribution in [0.1, 0.15) is 0 Å². The standard InChI is InChI=1S/2C30H30N4O9.C18H18N4O6.C8H6O4.C6H18N4/c2*35-25-19-13-1-2-14(41-13)20(19)26(36)32(25)10-7-31(8-11-33-27(37)21-15-3-4-16(42-15)22(21)28(33)38)9-12-34-29(39)23-17-5-6-18(43-17)24(23)30(34)40;23-13-1-2-14(24)20(13)10-7-19(8-11-21-15(25)3-4-16(21)26)9-12-22-17(27)5-6-18(22)28;9-7-5-3-1-2-4(11-3)6(5)8(10)12-7;7-1-4-10(5-2-8)6-3-9/h2*1-6,13-24H,7-12H2;1-6H,7-12H2;1-6H;1-9H2. The van der Waals surface area contributed by atoms with Gasteiger partial charge in [0.25, 0.3) is 35.4 Å². The zero-order valence-corrected chi connectivity index (χ0v) is 73.7. The lowest BCUT2D eigenvalue weighted by Crippen LogP contribution is -2.47. The lowest BCUT2D eigenvalue weighted by molar-refractivity contribution is -0.157. The van der Waals surface area contributed by atoms with Gasteiger partial charge in [0.2, 0.25) is 70.9 Å². The molecule has 18 amide bonds. The van der Waals surface area contributed by atoms with Crippen molar-refractivity contribution in [3.05, 3.63) is 122 Å². The summed E-state index contributed by atoms with van der Waals surface area (Å²) in [6.45, 7) is 8.18. The van der Waals surface area contributed by atoms with Gasteiger partial charge in [-0.25, -0.2) is 0 Å². The second-order valence-corrected chi connectivity index (χ2v) is 37.4. The Labute approximate surface area is 776 Å². The molecule has 0 aliphatic carbocycles. The van der Waals surface area contributed by atoms with Crippen molar-refractivity contribution in [1.82, 2.24) is 63.7 Å². The van der Waals surface area contributed by atoms with Crippen LogP contribution >= 0.6 is 0 Å². The van der Waals surface area contributed by atoms with Crippen molar-refractivity contribution in [2.75, 3.05) is 157 Å². The van der Waals surface area contributed by atoms with E-state index in [0.717, 1.165) is 34.3 Å². The fraction of sp³-hybridized carbons (Fsp3) is 0.565. The van der Waals surface area contributed by atoms with Gasteiger partial charge in [0.15, 0.2) is 0 Å². The lowest BCUT2D eigenvalue weighted by Gasteiger charge is -2.29. The first-order valence-electron chi connectivity index (χ1n) is 46.5. The molecule has 718 valence electrons.